The molecule has 4 N–H and O–H groups in total. The molecule has 122 valence electrons. The molecule has 0 aliphatic carbocycles. The number of nitrogens with one attached hydrogen (secondary N) is 2. The van der Waals surface area contributed by atoms with Crippen LogP contribution in [0.15, 0.2) is 83.8 Å². The zero-order chi connectivity index (χ0) is 17.0. The zero-order valence-electron chi connectivity index (χ0n) is 12.8. The van der Waals surface area contributed by atoms with Crippen molar-refractivity contribution >= 4 is 32.8 Å². The van der Waals surface area contributed by atoms with Crippen molar-refractivity contribution in [3.05, 3.63) is 78.9 Å². The Morgan fingerprint density at radius 2 is 1.33 bits per heavy atom. The van der Waals surface area contributed by atoms with Gasteiger partial charge in [-0.3, -0.25) is 4.72 Å². The van der Waals surface area contributed by atoms with Gasteiger partial charge >= 0.3 is 0 Å². The smallest absolute Gasteiger partial charge is 0.264 e. The first-order valence-electron chi connectivity index (χ1n) is 7.34. The minimum atomic E-state index is -3.78. The highest BCUT2D eigenvalue weighted by Gasteiger charge is 2.19. The maximum Gasteiger partial charge on any atom is 0.264 e. The topological polar surface area (TPSA) is 84.2 Å². The first-order chi connectivity index (χ1) is 11.5. The summed E-state index contributed by atoms with van der Waals surface area (Å²) in [6.07, 6.45) is 0. The van der Waals surface area contributed by atoms with Crippen molar-refractivity contribution in [2.45, 2.75) is 4.90 Å². The highest BCUT2D eigenvalue weighted by atomic mass is 32.2. The molecule has 3 aromatic carbocycles. The van der Waals surface area contributed by atoms with E-state index < -0.39 is 10.0 Å². The van der Waals surface area contributed by atoms with Crippen molar-refractivity contribution in [1.29, 1.82) is 0 Å². The SMILES string of the molecule is Nc1ccc(Nc2ccccc2)c(S(=O)(=O)Nc2ccccc2)c1. The molecule has 0 unspecified atom stereocenters. The van der Waals surface area contributed by atoms with Gasteiger partial charge in [0, 0.05) is 17.1 Å². The molecular weight excluding hydrogens is 322 g/mol. The van der Waals surface area contributed by atoms with Crippen molar-refractivity contribution in [3.63, 3.8) is 0 Å². The molecule has 3 aromatic rings. The van der Waals surface area contributed by atoms with Crippen LogP contribution in [0.25, 0.3) is 0 Å². The predicted octanol–water partition coefficient (Wildman–Crippen LogP) is 3.81. The van der Waals surface area contributed by atoms with Crippen LogP contribution in [0.2, 0.25) is 0 Å². The summed E-state index contributed by atoms with van der Waals surface area (Å²) in [4.78, 5) is 0.0928. The summed E-state index contributed by atoms with van der Waals surface area (Å²) >= 11 is 0. The number of hydrogen-bond donors (Lipinski definition) is 3. The average Bonchev–Trinajstić information content (AvgIpc) is 2.58. The van der Waals surface area contributed by atoms with E-state index in [2.05, 4.69) is 10.0 Å². The van der Waals surface area contributed by atoms with E-state index in [4.69, 9.17) is 5.73 Å². The van der Waals surface area contributed by atoms with Crippen LogP contribution in [0.5, 0.6) is 0 Å². The van der Waals surface area contributed by atoms with Gasteiger partial charge in [-0.1, -0.05) is 36.4 Å². The van der Waals surface area contributed by atoms with Crippen LogP contribution in [0, 0.1) is 0 Å². The number of hydrogen-bond acceptors (Lipinski definition) is 4. The molecule has 0 aliphatic heterocycles. The second kappa shape index (κ2) is 6.64. The normalized spacial score (nSPS) is 11.0. The van der Waals surface area contributed by atoms with E-state index >= 15 is 0 Å². The van der Waals surface area contributed by atoms with Crippen LogP contribution in [-0.2, 0) is 10.0 Å². The lowest BCUT2D eigenvalue weighted by Gasteiger charge is -2.14. The fraction of sp³-hybridized carbons (Fsp3) is 0. The van der Waals surface area contributed by atoms with Crippen LogP contribution in [0.3, 0.4) is 0 Å². The molecule has 0 amide bonds. The van der Waals surface area contributed by atoms with Gasteiger partial charge < -0.3 is 11.1 Å². The third-order valence-electron chi connectivity index (χ3n) is 3.37. The number of nitrogens with two attached hydrogens (primary N) is 1. The highest BCUT2D eigenvalue weighted by Crippen LogP contribution is 2.28. The zero-order valence-corrected chi connectivity index (χ0v) is 13.6. The van der Waals surface area contributed by atoms with Crippen LogP contribution < -0.4 is 15.8 Å². The van der Waals surface area contributed by atoms with Crippen LogP contribution in [0.4, 0.5) is 22.7 Å². The van der Waals surface area contributed by atoms with E-state index in [9.17, 15) is 8.42 Å². The Morgan fingerprint density at radius 3 is 1.96 bits per heavy atom. The molecule has 24 heavy (non-hydrogen) atoms. The Balaban J connectivity index is 1.98. The minimum absolute atomic E-state index is 0.0928. The Hall–Kier alpha value is -2.99. The largest absolute Gasteiger partial charge is 0.399 e. The molecule has 5 nitrogen and oxygen atoms in total. The van der Waals surface area contributed by atoms with Crippen LogP contribution in [-0.4, -0.2) is 8.42 Å². The maximum atomic E-state index is 12.8. The van der Waals surface area contributed by atoms with Gasteiger partial charge in [-0.2, -0.15) is 0 Å². The monoisotopic (exact) mass is 339 g/mol. The van der Waals surface area contributed by atoms with Crippen molar-refractivity contribution in [3.8, 4) is 0 Å². The standard InChI is InChI=1S/C18H17N3O2S/c19-14-11-12-17(20-15-7-3-1-4-8-15)18(13-14)24(22,23)21-16-9-5-2-6-10-16/h1-13,20-21H,19H2. The number of benzene rings is 3. The summed E-state index contributed by atoms with van der Waals surface area (Å²) in [5, 5.41) is 3.12. The fourth-order valence-electron chi connectivity index (χ4n) is 2.26. The number of anilines is 4. The number of rotatable bonds is 5. The molecule has 0 aromatic heterocycles. The van der Waals surface area contributed by atoms with Gasteiger partial charge in [-0.25, -0.2) is 8.42 Å². The van der Waals surface area contributed by atoms with Gasteiger partial charge in [0.25, 0.3) is 10.0 Å². The lowest BCUT2D eigenvalue weighted by molar-refractivity contribution is 0.601. The lowest BCUT2D eigenvalue weighted by Crippen LogP contribution is -2.15. The quantitative estimate of drug-likeness (QED) is 0.617. The van der Waals surface area contributed by atoms with E-state index in [1.807, 2.05) is 36.4 Å². The molecule has 0 saturated carbocycles. The fourth-order valence-corrected chi connectivity index (χ4v) is 3.51. The minimum Gasteiger partial charge on any atom is -0.399 e. The second-order valence-corrected chi connectivity index (χ2v) is 6.87. The molecule has 3 rings (SSSR count). The molecular formula is C18H17N3O2S. The van der Waals surface area contributed by atoms with E-state index in [0.29, 0.717) is 17.1 Å². The van der Waals surface area contributed by atoms with E-state index in [-0.39, 0.29) is 4.90 Å². The molecule has 6 heteroatoms. The first kappa shape index (κ1) is 15.9. The van der Waals surface area contributed by atoms with E-state index in [0.717, 1.165) is 5.69 Å². The summed E-state index contributed by atoms with van der Waals surface area (Å²) in [6, 6.07) is 22.8. The van der Waals surface area contributed by atoms with E-state index in [1.54, 1.807) is 36.4 Å². The third-order valence-corrected chi connectivity index (χ3v) is 4.80. The second-order valence-electron chi connectivity index (χ2n) is 5.22. The summed E-state index contributed by atoms with van der Waals surface area (Å²) in [5.41, 5.74) is 7.91. The Kier molecular flexibility index (Phi) is 4.39. The summed E-state index contributed by atoms with van der Waals surface area (Å²) in [7, 11) is -3.78. The lowest BCUT2D eigenvalue weighted by atomic mass is 10.2. The molecule has 0 aliphatic rings. The van der Waals surface area contributed by atoms with Gasteiger partial charge in [-0.05, 0) is 42.5 Å². The number of sulfonamides is 1. The molecule has 0 fully saturated rings. The van der Waals surface area contributed by atoms with Gasteiger partial charge in [-0.15, -0.1) is 0 Å². The van der Waals surface area contributed by atoms with Crippen molar-refractivity contribution < 1.29 is 8.42 Å². The van der Waals surface area contributed by atoms with E-state index in [1.165, 1.54) is 6.07 Å². The average molecular weight is 339 g/mol. The predicted molar refractivity (Wildman–Crippen MR) is 97.8 cm³/mol. The van der Waals surface area contributed by atoms with Crippen molar-refractivity contribution in [1.82, 2.24) is 0 Å². The third kappa shape index (κ3) is 3.67. The first-order valence-corrected chi connectivity index (χ1v) is 8.82. The van der Waals surface area contributed by atoms with Gasteiger partial charge in [0.15, 0.2) is 0 Å². The molecule has 0 atom stereocenters. The molecule has 0 heterocycles. The van der Waals surface area contributed by atoms with Crippen LogP contribution in [0.1, 0.15) is 0 Å². The maximum absolute atomic E-state index is 12.8. The molecule has 0 bridgehead atoms. The number of nitrogen functional groups attached to an aromatic ring is 1. The molecule has 0 saturated heterocycles. The number of para-hydroxylation sites is 2. The summed E-state index contributed by atoms with van der Waals surface area (Å²) in [6.45, 7) is 0. The highest BCUT2D eigenvalue weighted by molar-refractivity contribution is 7.92. The van der Waals surface area contributed by atoms with Gasteiger partial charge in [0.1, 0.15) is 4.90 Å². The molecule has 0 radical (unpaired) electrons. The van der Waals surface area contributed by atoms with Crippen molar-refractivity contribution in [2.24, 2.45) is 0 Å². The molecule has 0 spiro atoms. The Morgan fingerprint density at radius 1 is 0.750 bits per heavy atom. The Bertz CT molecular complexity index is 927. The Labute approximate surface area is 141 Å². The van der Waals surface area contributed by atoms with Crippen LogP contribution >= 0.6 is 0 Å². The summed E-state index contributed by atoms with van der Waals surface area (Å²) in [5.74, 6) is 0. The summed E-state index contributed by atoms with van der Waals surface area (Å²) < 4.78 is 28.1. The van der Waals surface area contributed by atoms with Gasteiger partial charge in [0.2, 0.25) is 0 Å². The van der Waals surface area contributed by atoms with Gasteiger partial charge in [0.05, 0.1) is 5.69 Å². The van der Waals surface area contributed by atoms with Crippen molar-refractivity contribution in [2.75, 3.05) is 15.8 Å².